The molecule has 464 valence electrons. The predicted molar refractivity (Wildman–Crippen MR) is 337 cm³/mol. The Balaban J connectivity index is 0.000000145. The van der Waals surface area contributed by atoms with Crippen molar-refractivity contribution in [3.05, 3.63) is 144 Å². The number of terminal acetylenes is 1. The number of likely N-dealkylation sites (tertiary alicyclic amines) is 3. The molecule has 12 rings (SSSR count). The summed E-state index contributed by atoms with van der Waals surface area (Å²) in [5.74, 6) is 8.11. The Morgan fingerprint density at radius 1 is 0.517 bits per heavy atom. The highest BCUT2D eigenvalue weighted by atomic mass is 16.5. The quantitative estimate of drug-likeness (QED) is 0.0661. The van der Waals surface area contributed by atoms with Gasteiger partial charge in [0.05, 0.1) is 51.6 Å². The van der Waals surface area contributed by atoms with Crippen LogP contribution in [0.15, 0.2) is 93.2 Å². The summed E-state index contributed by atoms with van der Waals surface area (Å²) in [6.07, 6.45) is 16.0. The van der Waals surface area contributed by atoms with Gasteiger partial charge in [-0.05, 0) is 150 Å². The number of ether oxygens (including phenoxy) is 5. The number of piperidine rings is 3. The SMILES string of the molecule is C#CCOc1ccc(CN2CCC(c3cc(=O)[nH]c(N4CCCC4)n3)CC2)cc1.COc1cc(CN2CCC(c3cc(=O)[nH]c(N4CCCC4)n3)CC2)cc(OC)c1O.COc1cccc(CN2CCCC(c3cc(=O)[nH]c(N4CCOCC4)n3)C2)c1. The first kappa shape index (κ1) is 62.2. The first-order valence-electron chi connectivity index (χ1n) is 31.0. The van der Waals surface area contributed by atoms with E-state index in [9.17, 15) is 19.5 Å². The summed E-state index contributed by atoms with van der Waals surface area (Å²) in [5, 5.41) is 10.1. The van der Waals surface area contributed by atoms with Crippen LogP contribution in [0.1, 0.15) is 116 Å². The number of benzene rings is 3. The number of nitrogens with one attached hydrogen (secondary N) is 3. The number of aromatic hydroxyl groups is 1. The van der Waals surface area contributed by atoms with Crippen LogP contribution in [-0.2, 0) is 24.4 Å². The fourth-order valence-corrected chi connectivity index (χ4v) is 12.7. The predicted octanol–water partition coefficient (Wildman–Crippen LogP) is 7.23. The minimum absolute atomic E-state index is 0.0247. The zero-order valence-electron chi connectivity index (χ0n) is 50.9. The van der Waals surface area contributed by atoms with E-state index in [1.54, 1.807) is 25.3 Å². The van der Waals surface area contributed by atoms with E-state index < -0.39 is 0 Å². The molecule has 1 unspecified atom stereocenters. The molecule has 0 bridgehead atoms. The zero-order chi connectivity index (χ0) is 60.5. The van der Waals surface area contributed by atoms with Crippen molar-refractivity contribution < 1.29 is 28.8 Å². The van der Waals surface area contributed by atoms with E-state index >= 15 is 0 Å². The maximum absolute atomic E-state index is 12.3. The van der Waals surface area contributed by atoms with Gasteiger partial charge in [0.1, 0.15) is 18.1 Å². The molecule has 21 heteroatoms. The number of methoxy groups -OCH3 is 3. The van der Waals surface area contributed by atoms with Crippen LogP contribution in [0, 0.1) is 12.3 Å². The Hall–Kier alpha value is -7.90. The van der Waals surface area contributed by atoms with E-state index in [4.69, 9.17) is 45.1 Å². The van der Waals surface area contributed by atoms with Crippen LogP contribution in [0.4, 0.5) is 17.8 Å². The van der Waals surface area contributed by atoms with Crippen LogP contribution in [0.2, 0.25) is 0 Å². The number of aromatic nitrogens is 6. The molecule has 0 radical (unpaired) electrons. The van der Waals surface area contributed by atoms with Crippen LogP contribution < -0.4 is 50.3 Å². The monoisotopic (exact) mass is 1190 g/mol. The average Bonchev–Trinajstić information content (AvgIpc) is 3.45. The molecule has 6 aromatic rings. The van der Waals surface area contributed by atoms with Crippen molar-refractivity contribution in [2.45, 2.75) is 102 Å². The lowest BCUT2D eigenvalue weighted by Gasteiger charge is -2.33. The van der Waals surface area contributed by atoms with Crippen molar-refractivity contribution >= 4 is 17.8 Å². The summed E-state index contributed by atoms with van der Waals surface area (Å²) in [6, 6.07) is 25.1. The van der Waals surface area contributed by atoms with Crippen molar-refractivity contribution in [2.75, 3.05) is 134 Å². The minimum Gasteiger partial charge on any atom is -0.502 e. The molecular weight excluding hydrogens is 1100 g/mol. The lowest BCUT2D eigenvalue weighted by molar-refractivity contribution is 0.122. The molecule has 0 spiro atoms. The molecule has 0 amide bonds. The third kappa shape index (κ3) is 17.2. The van der Waals surface area contributed by atoms with Crippen molar-refractivity contribution in [1.29, 1.82) is 0 Å². The number of nitrogens with zero attached hydrogens (tertiary/aromatic N) is 9. The maximum Gasteiger partial charge on any atom is 0.252 e. The van der Waals surface area contributed by atoms with Gasteiger partial charge in [-0.1, -0.05) is 30.2 Å². The fourth-order valence-electron chi connectivity index (χ4n) is 12.7. The molecule has 6 saturated heterocycles. The van der Waals surface area contributed by atoms with Gasteiger partial charge in [-0.25, -0.2) is 15.0 Å². The van der Waals surface area contributed by atoms with Crippen LogP contribution in [0.3, 0.4) is 0 Å². The van der Waals surface area contributed by atoms with Gasteiger partial charge in [0.15, 0.2) is 11.5 Å². The number of hydrogen-bond acceptors (Lipinski definition) is 18. The smallest absolute Gasteiger partial charge is 0.252 e. The lowest BCUT2D eigenvalue weighted by Crippen LogP contribution is -2.39. The molecule has 21 nitrogen and oxygen atoms in total. The third-order valence-corrected chi connectivity index (χ3v) is 17.4. The van der Waals surface area contributed by atoms with Gasteiger partial charge in [-0.15, -0.1) is 6.42 Å². The Morgan fingerprint density at radius 2 is 1.00 bits per heavy atom. The molecule has 0 saturated carbocycles. The number of morpholine rings is 1. The van der Waals surface area contributed by atoms with E-state index in [0.29, 0.717) is 49.1 Å². The minimum atomic E-state index is -0.0728. The second kappa shape index (κ2) is 30.6. The van der Waals surface area contributed by atoms with Gasteiger partial charge >= 0.3 is 0 Å². The highest BCUT2D eigenvalue weighted by Crippen LogP contribution is 2.38. The molecule has 6 aliphatic rings. The molecule has 3 aromatic carbocycles. The van der Waals surface area contributed by atoms with Crippen LogP contribution in [-0.4, -0.2) is 169 Å². The fraction of sp³-hybridized carbons (Fsp3) is 0.515. The molecule has 87 heavy (non-hydrogen) atoms. The zero-order valence-corrected chi connectivity index (χ0v) is 50.9. The Kier molecular flexibility index (Phi) is 21.9. The Labute approximate surface area is 510 Å². The molecule has 6 aliphatic heterocycles. The largest absolute Gasteiger partial charge is 0.502 e. The third-order valence-electron chi connectivity index (χ3n) is 17.4. The standard InChI is InChI=1S/C23H28N4O2.C22H30N4O4.C21H28N4O3/c1-2-15-29-20-7-5-18(6-8-20)17-26-13-9-19(10-14-26)21-16-22(28)25-23(24-21)27-11-3-4-12-27;1-29-18-11-15(12-19(30-2)21(18)28)14-25-9-5-16(6-10-25)17-13-20(27)24-22(23-17)26-7-3-4-8-26;1-27-18-6-2-4-16(12-18)14-24-7-3-5-17(15-24)19-13-20(26)23-21(22-19)25-8-10-28-11-9-25/h1,5-8,16,19H,3-4,9-15,17H2,(H,24,25,28);11-13,16,28H,3-10,14H2,1-2H3,(H,23,24,27);2,4,6,12-13,17H,3,5,7-11,14-15H2,1H3,(H,22,23,26). The highest BCUT2D eigenvalue weighted by molar-refractivity contribution is 5.53. The topological polar surface area (TPSA) is 223 Å². The highest BCUT2D eigenvalue weighted by Gasteiger charge is 2.28. The van der Waals surface area contributed by atoms with E-state index in [1.807, 2.05) is 36.4 Å². The second-order valence-corrected chi connectivity index (χ2v) is 23.5. The van der Waals surface area contributed by atoms with Crippen LogP contribution in [0.25, 0.3) is 0 Å². The number of hydrogen-bond donors (Lipinski definition) is 4. The number of anilines is 3. The normalized spacial score (nSPS) is 18.9. The van der Waals surface area contributed by atoms with E-state index in [-0.39, 0.29) is 28.3 Å². The van der Waals surface area contributed by atoms with Gasteiger partial charge < -0.3 is 43.5 Å². The van der Waals surface area contributed by atoms with Gasteiger partial charge in [0.25, 0.3) is 16.7 Å². The Morgan fingerprint density at radius 3 is 1.49 bits per heavy atom. The molecule has 0 aliphatic carbocycles. The number of aromatic amines is 3. The van der Waals surface area contributed by atoms with Crippen molar-refractivity contribution in [3.8, 4) is 41.1 Å². The maximum atomic E-state index is 12.3. The summed E-state index contributed by atoms with van der Waals surface area (Å²) < 4.78 is 26.7. The summed E-state index contributed by atoms with van der Waals surface area (Å²) in [7, 11) is 4.77. The molecule has 6 fully saturated rings. The van der Waals surface area contributed by atoms with Gasteiger partial charge in [-0.2, -0.15) is 0 Å². The lowest BCUT2D eigenvalue weighted by atomic mass is 9.93. The molecular formula is C66H86N12O9. The van der Waals surface area contributed by atoms with Gasteiger partial charge in [0.2, 0.25) is 23.6 Å². The van der Waals surface area contributed by atoms with Gasteiger partial charge in [-0.3, -0.25) is 44.0 Å². The second-order valence-electron chi connectivity index (χ2n) is 23.5. The number of H-pyrrole nitrogens is 3. The number of phenolic OH excluding ortho intramolecular Hbond substituents is 1. The summed E-state index contributed by atoms with van der Waals surface area (Å²) in [4.78, 5) is 73.5. The Bertz CT molecular complexity index is 3360. The average molecular weight is 1190 g/mol. The van der Waals surface area contributed by atoms with Crippen LogP contribution >= 0.6 is 0 Å². The van der Waals surface area contributed by atoms with E-state index in [1.165, 1.54) is 38.2 Å². The van der Waals surface area contributed by atoms with Crippen molar-refractivity contribution in [2.24, 2.45) is 0 Å². The molecule has 3 aromatic heterocycles. The summed E-state index contributed by atoms with van der Waals surface area (Å²) >= 11 is 0. The summed E-state index contributed by atoms with van der Waals surface area (Å²) in [5.41, 5.74) is 6.13. The van der Waals surface area contributed by atoms with Crippen LogP contribution in [0.5, 0.6) is 28.7 Å². The molecule has 1 atom stereocenters. The summed E-state index contributed by atoms with van der Waals surface area (Å²) in [6.45, 7) is 15.4. The number of phenols is 1. The molecule has 4 N–H and O–H groups in total. The first-order valence-corrected chi connectivity index (χ1v) is 31.0. The number of rotatable bonds is 17. The van der Waals surface area contributed by atoms with E-state index in [2.05, 4.69) is 74.5 Å². The first-order chi connectivity index (χ1) is 42.5. The van der Waals surface area contributed by atoms with E-state index in [0.717, 1.165) is 196 Å². The van der Waals surface area contributed by atoms with Gasteiger partial charge in [0, 0.05) is 101 Å². The van der Waals surface area contributed by atoms with Crippen molar-refractivity contribution in [3.63, 3.8) is 0 Å². The molecule has 9 heterocycles. The van der Waals surface area contributed by atoms with Crippen molar-refractivity contribution in [1.82, 2.24) is 44.6 Å².